The number of amides is 1. The Morgan fingerprint density at radius 2 is 2.30 bits per heavy atom. The summed E-state index contributed by atoms with van der Waals surface area (Å²) < 4.78 is 0. The molecule has 9 heteroatoms. The van der Waals surface area contributed by atoms with Crippen molar-refractivity contribution in [1.82, 2.24) is 4.98 Å². The number of aromatic nitrogens is 1. The molecule has 1 amide bonds. The summed E-state index contributed by atoms with van der Waals surface area (Å²) >= 11 is 1.21. The fraction of sp³-hybridized carbons (Fsp3) is 0.0909. The average Bonchev–Trinajstić information content (AvgIpc) is 2.76. The Morgan fingerprint density at radius 1 is 1.55 bits per heavy atom. The second-order valence-electron chi connectivity index (χ2n) is 3.86. The zero-order valence-corrected chi connectivity index (χ0v) is 10.9. The van der Waals surface area contributed by atoms with E-state index in [9.17, 15) is 20.0 Å². The molecule has 1 heterocycles. The number of phenols is 1. The maximum Gasteiger partial charge on any atom is 0.296 e. The van der Waals surface area contributed by atoms with E-state index < -0.39 is 10.8 Å². The highest BCUT2D eigenvalue weighted by molar-refractivity contribution is 7.13. The molecule has 0 unspecified atom stereocenters. The lowest BCUT2D eigenvalue weighted by molar-refractivity contribution is -0.384. The van der Waals surface area contributed by atoms with Crippen LogP contribution in [0.2, 0.25) is 0 Å². The van der Waals surface area contributed by atoms with Crippen LogP contribution in [0.25, 0.3) is 0 Å². The number of carbonyl (C=O) groups is 1. The van der Waals surface area contributed by atoms with Crippen molar-refractivity contribution in [2.24, 2.45) is 0 Å². The van der Waals surface area contributed by atoms with Crippen molar-refractivity contribution in [1.29, 1.82) is 0 Å². The minimum absolute atomic E-state index is 0.0148. The van der Waals surface area contributed by atoms with Crippen LogP contribution in [-0.2, 0) is 11.2 Å². The van der Waals surface area contributed by atoms with Crippen molar-refractivity contribution in [3.05, 3.63) is 39.4 Å². The number of nitrogens with two attached hydrogens (primary N) is 1. The maximum absolute atomic E-state index is 11.8. The molecule has 1 aromatic carbocycles. The number of rotatable bonds is 4. The number of phenolic OH excluding ortho intramolecular Hbond substituents is 1. The van der Waals surface area contributed by atoms with Gasteiger partial charge < -0.3 is 16.2 Å². The van der Waals surface area contributed by atoms with Crippen LogP contribution in [0, 0.1) is 10.1 Å². The smallest absolute Gasteiger partial charge is 0.296 e. The molecule has 1 aromatic heterocycles. The predicted octanol–water partition coefficient (Wildman–Crippen LogP) is 1.52. The zero-order chi connectivity index (χ0) is 14.7. The molecule has 0 saturated heterocycles. The fourth-order valence-corrected chi connectivity index (χ4v) is 2.10. The summed E-state index contributed by atoms with van der Waals surface area (Å²) in [6.07, 6.45) is -0.0360. The molecule has 8 nitrogen and oxygen atoms in total. The standard InChI is InChI=1S/C11H10N4O4S/c12-11-13-6(5-20-11)3-10(17)14-8-2-1-7(16)4-9(8)15(18)19/h1-2,4-5,16H,3H2,(H2,12,13)(H,14,17). The molecule has 20 heavy (non-hydrogen) atoms. The van der Waals surface area contributed by atoms with Crippen LogP contribution in [0.3, 0.4) is 0 Å². The van der Waals surface area contributed by atoms with Gasteiger partial charge in [0.1, 0.15) is 11.4 Å². The van der Waals surface area contributed by atoms with Gasteiger partial charge in [-0.3, -0.25) is 14.9 Å². The average molecular weight is 294 g/mol. The summed E-state index contributed by atoms with van der Waals surface area (Å²) in [5.74, 6) is -0.703. The van der Waals surface area contributed by atoms with Gasteiger partial charge in [0, 0.05) is 5.38 Å². The van der Waals surface area contributed by atoms with Gasteiger partial charge in [-0.2, -0.15) is 0 Å². The third kappa shape index (κ3) is 3.20. The molecule has 0 aliphatic heterocycles. The number of nitrogens with zero attached hydrogens (tertiary/aromatic N) is 2. The van der Waals surface area contributed by atoms with Crippen LogP contribution in [-0.4, -0.2) is 20.9 Å². The monoisotopic (exact) mass is 294 g/mol. The Hall–Kier alpha value is -2.68. The predicted molar refractivity (Wildman–Crippen MR) is 73.6 cm³/mol. The normalized spacial score (nSPS) is 10.2. The summed E-state index contributed by atoms with van der Waals surface area (Å²) in [7, 11) is 0. The Morgan fingerprint density at radius 3 is 2.90 bits per heavy atom. The number of carbonyl (C=O) groups excluding carboxylic acids is 1. The lowest BCUT2D eigenvalue weighted by Gasteiger charge is -2.05. The summed E-state index contributed by atoms with van der Waals surface area (Å²) in [5.41, 5.74) is 5.57. The van der Waals surface area contributed by atoms with E-state index in [1.165, 1.54) is 23.5 Å². The van der Waals surface area contributed by atoms with E-state index >= 15 is 0 Å². The van der Waals surface area contributed by atoms with Gasteiger partial charge in [-0.05, 0) is 12.1 Å². The van der Waals surface area contributed by atoms with Gasteiger partial charge in [-0.25, -0.2) is 4.98 Å². The molecule has 0 fully saturated rings. The number of hydrogen-bond donors (Lipinski definition) is 3. The minimum atomic E-state index is -0.684. The fourth-order valence-electron chi connectivity index (χ4n) is 1.54. The van der Waals surface area contributed by atoms with E-state index in [1.807, 2.05) is 0 Å². The van der Waals surface area contributed by atoms with Gasteiger partial charge in [0.2, 0.25) is 5.91 Å². The van der Waals surface area contributed by atoms with Crippen molar-refractivity contribution in [3.63, 3.8) is 0 Å². The van der Waals surface area contributed by atoms with Gasteiger partial charge in [0.05, 0.1) is 23.1 Å². The van der Waals surface area contributed by atoms with E-state index in [4.69, 9.17) is 5.73 Å². The van der Waals surface area contributed by atoms with Crippen LogP contribution in [0.4, 0.5) is 16.5 Å². The summed E-state index contributed by atoms with van der Waals surface area (Å²) in [4.78, 5) is 25.9. The number of hydrogen-bond acceptors (Lipinski definition) is 7. The molecule has 0 aliphatic carbocycles. The molecule has 0 saturated carbocycles. The van der Waals surface area contributed by atoms with Crippen LogP contribution < -0.4 is 11.1 Å². The largest absolute Gasteiger partial charge is 0.508 e. The molecular weight excluding hydrogens is 284 g/mol. The Labute approximate surface area is 117 Å². The van der Waals surface area contributed by atoms with Crippen LogP contribution in [0.1, 0.15) is 5.69 Å². The van der Waals surface area contributed by atoms with Gasteiger partial charge in [0.25, 0.3) is 5.69 Å². The molecule has 0 radical (unpaired) electrons. The third-order valence-electron chi connectivity index (χ3n) is 2.36. The first-order chi connectivity index (χ1) is 9.45. The van der Waals surface area contributed by atoms with Gasteiger partial charge in [-0.15, -0.1) is 11.3 Å². The maximum atomic E-state index is 11.8. The van der Waals surface area contributed by atoms with Crippen molar-refractivity contribution in [3.8, 4) is 5.75 Å². The van der Waals surface area contributed by atoms with Crippen molar-refractivity contribution in [2.45, 2.75) is 6.42 Å². The van der Waals surface area contributed by atoms with Crippen LogP contribution in [0.5, 0.6) is 5.75 Å². The molecule has 0 spiro atoms. The SMILES string of the molecule is Nc1nc(CC(=O)Nc2ccc(O)cc2[N+](=O)[O-])cs1. The molecule has 4 N–H and O–H groups in total. The van der Waals surface area contributed by atoms with E-state index in [1.54, 1.807) is 5.38 Å². The number of anilines is 2. The summed E-state index contributed by atoms with van der Waals surface area (Å²) in [6, 6.07) is 3.49. The second kappa shape index (κ2) is 5.53. The van der Waals surface area contributed by atoms with Crippen molar-refractivity contribution in [2.75, 3.05) is 11.1 Å². The number of nitro benzene ring substituents is 1. The number of aromatic hydroxyl groups is 1. The highest BCUT2D eigenvalue weighted by Gasteiger charge is 2.17. The van der Waals surface area contributed by atoms with Crippen molar-refractivity contribution >= 4 is 33.8 Å². The van der Waals surface area contributed by atoms with Crippen molar-refractivity contribution < 1.29 is 14.8 Å². The number of thiazole rings is 1. The molecule has 0 bridgehead atoms. The number of nitrogen functional groups attached to an aromatic ring is 1. The molecule has 2 aromatic rings. The first-order valence-corrected chi connectivity index (χ1v) is 6.31. The van der Waals surface area contributed by atoms with Crippen LogP contribution >= 0.6 is 11.3 Å². The quantitative estimate of drug-likeness (QED) is 0.445. The Kier molecular flexibility index (Phi) is 3.80. The lowest BCUT2D eigenvalue weighted by Crippen LogP contribution is -2.15. The molecular formula is C11H10N4O4S. The van der Waals surface area contributed by atoms with Gasteiger partial charge >= 0.3 is 0 Å². The van der Waals surface area contributed by atoms with Gasteiger partial charge in [0.15, 0.2) is 5.13 Å². The van der Waals surface area contributed by atoms with E-state index in [0.717, 1.165) is 6.07 Å². The Bertz CT molecular complexity index is 670. The molecule has 2 rings (SSSR count). The van der Waals surface area contributed by atoms with Crippen LogP contribution in [0.15, 0.2) is 23.6 Å². The topological polar surface area (TPSA) is 131 Å². The molecule has 0 aliphatic rings. The van der Waals surface area contributed by atoms with E-state index in [-0.39, 0.29) is 23.5 Å². The summed E-state index contributed by atoms with van der Waals surface area (Å²) in [6.45, 7) is 0. The van der Waals surface area contributed by atoms with E-state index in [2.05, 4.69) is 10.3 Å². The number of benzene rings is 1. The first kappa shape index (κ1) is 13.7. The molecule has 0 atom stereocenters. The highest BCUT2D eigenvalue weighted by Crippen LogP contribution is 2.28. The minimum Gasteiger partial charge on any atom is -0.508 e. The molecule has 104 valence electrons. The number of nitro groups is 1. The van der Waals surface area contributed by atoms with E-state index in [0.29, 0.717) is 10.8 Å². The lowest BCUT2D eigenvalue weighted by atomic mass is 10.2. The van der Waals surface area contributed by atoms with Gasteiger partial charge in [-0.1, -0.05) is 0 Å². The first-order valence-electron chi connectivity index (χ1n) is 5.43. The third-order valence-corrected chi connectivity index (χ3v) is 3.09. The second-order valence-corrected chi connectivity index (χ2v) is 4.75. The Balaban J connectivity index is 2.13. The summed E-state index contributed by atoms with van der Waals surface area (Å²) in [5, 5.41) is 24.5. The zero-order valence-electron chi connectivity index (χ0n) is 10.1. The highest BCUT2D eigenvalue weighted by atomic mass is 32.1. The number of nitrogens with one attached hydrogen (secondary N) is 1.